The fraction of sp³-hybridized carbons (Fsp3) is 0.294. The number of nitrogen functional groups attached to an aromatic ring is 1. The lowest BCUT2D eigenvalue weighted by Gasteiger charge is -2.17. The molecule has 1 saturated heterocycles. The van der Waals surface area contributed by atoms with Crippen LogP contribution in [0.15, 0.2) is 54.6 Å². The summed E-state index contributed by atoms with van der Waals surface area (Å²) in [4.78, 5) is 2.44. The van der Waals surface area contributed by atoms with Crippen LogP contribution >= 0.6 is 0 Å². The molecule has 0 amide bonds. The fourth-order valence-electron chi connectivity index (χ4n) is 2.66. The lowest BCUT2D eigenvalue weighted by Crippen LogP contribution is -2.24. The summed E-state index contributed by atoms with van der Waals surface area (Å²) in [5.74, 6) is 0.872. The lowest BCUT2D eigenvalue weighted by molar-refractivity contribution is 0.198. The van der Waals surface area contributed by atoms with Crippen molar-refractivity contribution in [3.63, 3.8) is 0 Å². The SMILES string of the molecule is Nc1cccc(OC2CCN(Cc3ccccc3)C2)c1. The summed E-state index contributed by atoms with van der Waals surface area (Å²) in [7, 11) is 0. The molecule has 1 unspecified atom stereocenters. The maximum Gasteiger partial charge on any atom is 0.121 e. The van der Waals surface area contributed by atoms with E-state index in [9.17, 15) is 0 Å². The van der Waals surface area contributed by atoms with E-state index in [1.54, 1.807) is 0 Å². The number of ether oxygens (including phenoxy) is 1. The molecule has 1 heterocycles. The molecule has 104 valence electrons. The summed E-state index contributed by atoms with van der Waals surface area (Å²) in [5, 5.41) is 0. The van der Waals surface area contributed by atoms with Crippen molar-refractivity contribution >= 4 is 5.69 Å². The molecule has 1 aliphatic heterocycles. The Morgan fingerprint density at radius 1 is 1.10 bits per heavy atom. The number of anilines is 1. The summed E-state index contributed by atoms with van der Waals surface area (Å²) in [5.41, 5.74) is 7.88. The van der Waals surface area contributed by atoms with Crippen molar-refractivity contribution in [2.45, 2.75) is 19.1 Å². The van der Waals surface area contributed by atoms with E-state index in [4.69, 9.17) is 10.5 Å². The van der Waals surface area contributed by atoms with E-state index in [2.05, 4.69) is 35.2 Å². The Kier molecular flexibility index (Phi) is 3.88. The van der Waals surface area contributed by atoms with Crippen LogP contribution in [0.1, 0.15) is 12.0 Å². The van der Waals surface area contributed by atoms with Crippen molar-refractivity contribution in [2.24, 2.45) is 0 Å². The van der Waals surface area contributed by atoms with Gasteiger partial charge in [0.05, 0.1) is 0 Å². The van der Waals surface area contributed by atoms with Gasteiger partial charge in [-0.25, -0.2) is 0 Å². The molecule has 1 atom stereocenters. The van der Waals surface area contributed by atoms with Gasteiger partial charge < -0.3 is 10.5 Å². The van der Waals surface area contributed by atoms with Gasteiger partial charge in [-0.1, -0.05) is 36.4 Å². The first-order valence-electron chi connectivity index (χ1n) is 7.08. The van der Waals surface area contributed by atoms with Gasteiger partial charge in [0.1, 0.15) is 11.9 Å². The van der Waals surface area contributed by atoms with Crippen LogP contribution in [-0.2, 0) is 6.54 Å². The first-order valence-corrected chi connectivity index (χ1v) is 7.08. The zero-order valence-corrected chi connectivity index (χ0v) is 11.5. The van der Waals surface area contributed by atoms with Crippen molar-refractivity contribution in [1.82, 2.24) is 4.90 Å². The summed E-state index contributed by atoms with van der Waals surface area (Å²) in [6.45, 7) is 3.06. The minimum Gasteiger partial charge on any atom is -0.489 e. The molecule has 1 fully saturated rings. The molecule has 0 bridgehead atoms. The van der Waals surface area contributed by atoms with Gasteiger partial charge in [-0.15, -0.1) is 0 Å². The predicted octanol–water partition coefficient (Wildman–Crippen LogP) is 2.92. The van der Waals surface area contributed by atoms with E-state index >= 15 is 0 Å². The van der Waals surface area contributed by atoms with Crippen LogP contribution in [0, 0.1) is 0 Å². The van der Waals surface area contributed by atoms with Crippen LogP contribution in [0.5, 0.6) is 5.75 Å². The summed E-state index contributed by atoms with van der Waals surface area (Å²) in [6, 6.07) is 18.2. The number of benzene rings is 2. The van der Waals surface area contributed by atoms with Gasteiger partial charge in [-0.05, 0) is 24.1 Å². The Morgan fingerprint density at radius 2 is 1.95 bits per heavy atom. The molecule has 20 heavy (non-hydrogen) atoms. The van der Waals surface area contributed by atoms with Gasteiger partial charge in [0, 0.05) is 31.4 Å². The molecule has 2 aromatic carbocycles. The van der Waals surface area contributed by atoms with Crippen molar-refractivity contribution < 1.29 is 4.74 Å². The van der Waals surface area contributed by atoms with E-state index in [0.29, 0.717) is 0 Å². The molecule has 1 aliphatic rings. The average Bonchev–Trinajstić information content (AvgIpc) is 2.87. The predicted molar refractivity (Wildman–Crippen MR) is 81.6 cm³/mol. The van der Waals surface area contributed by atoms with Gasteiger partial charge in [-0.3, -0.25) is 4.90 Å². The molecule has 2 N–H and O–H groups in total. The third-order valence-electron chi connectivity index (χ3n) is 3.64. The van der Waals surface area contributed by atoms with E-state index in [1.807, 2.05) is 24.3 Å². The monoisotopic (exact) mass is 268 g/mol. The highest BCUT2D eigenvalue weighted by Crippen LogP contribution is 2.21. The highest BCUT2D eigenvalue weighted by Gasteiger charge is 2.23. The van der Waals surface area contributed by atoms with E-state index in [0.717, 1.165) is 37.5 Å². The van der Waals surface area contributed by atoms with Gasteiger partial charge in [-0.2, -0.15) is 0 Å². The zero-order chi connectivity index (χ0) is 13.8. The Balaban J connectivity index is 1.54. The molecule has 0 aromatic heterocycles. The second kappa shape index (κ2) is 5.97. The van der Waals surface area contributed by atoms with Crippen molar-refractivity contribution in [1.29, 1.82) is 0 Å². The summed E-state index contributed by atoms with van der Waals surface area (Å²) < 4.78 is 6.00. The molecule has 0 saturated carbocycles. The van der Waals surface area contributed by atoms with Gasteiger partial charge in [0.15, 0.2) is 0 Å². The quantitative estimate of drug-likeness (QED) is 0.866. The smallest absolute Gasteiger partial charge is 0.121 e. The van der Waals surface area contributed by atoms with Gasteiger partial charge >= 0.3 is 0 Å². The Hall–Kier alpha value is -2.00. The van der Waals surface area contributed by atoms with Gasteiger partial charge in [0.25, 0.3) is 0 Å². The molecule has 3 heteroatoms. The largest absolute Gasteiger partial charge is 0.489 e. The third kappa shape index (κ3) is 3.31. The van der Waals surface area contributed by atoms with Crippen LogP contribution in [0.4, 0.5) is 5.69 Å². The van der Waals surface area contributed by atoms with Crippen LogP contribution in [0.3, 0.4) is 0 Å². The van der Waals surface area contributed by atoms with Gasteiger partial charge in [0.2, 0.25) is 0 Å². The Labute approximate surface area is 120 Å². The topological polar surface area (TPSA) is 38.5 Å². The number of nitrogens with zero attached hydrogens (tertiary/aromatic N) is 1. The second-order valence-electron chi connectivity index (χ2n) is 5.32. The zero-order valence-electron chi connectivity index (χ0n) is 11.5. The molecular weight excluding hydrogens is 248 g/mol. The highest BCUT2D eigenvalue weighted by atomic mass is 16.5. The lowest BCUT2D eigenvalue weighted by atomic mass is 10.2. The van der Waals surface area contributed by atoms with Crippen LogP contribution in [0.25, 0.3) is 0 Å². The Bertz CT molecular complexity index is 556. The minimum absolute atomic E-state index is 0.264. The maximum atomic E-state index is 6.00. The third-order valence-corrected chi connectivity index (χ3v) is 3.64. The van der Waals surface area contributed by atoms with Crippen LogP contribution in [0.2, 0.25) is 0 Å². The minimum atomic E-state index is 0.264. The first-order chi connectivity index (χ1) is 9.79. The van der Waals surface area contributed by atoms with E-state index in [-0.39, 0.29) is 6.10 Å². The van der Waals surface area contributed by atoms with Crippen molar-refractivity contribution in [2.75, 3.05) is 18.8 Å². The van der Waals surface area contributed by atoms with E-state index in [1.165, 1.54) is 5.56 Å². The average molecular weight is 268 g/mol. The number of hydrogen-bond donors (Lipinski definition) is 1. The summed E-state index contributed by atoms with van der Waals surface area (Å²) >= 11 is 0. The molecule has 0 spiro atoms. The highest BCUT2D eigenvalue weighted by molar-refractivity contribution is 5.43. The summed E-state index contributed by atoms with van der Waals surface area (Å²) in [6.07, 6.45) is 1.34. The maximum absolute atomic E-state index is 6.00. The van der Waals surface area contributed by atoms with Crippen molar-refractivity contribution in [3.8, 4) is 5.75 Å². The van der Waals surface area contributed by atoms with Crippen molar-refractivity contribution in [3.05, 3.63) is 60.2 Å². The van der Waals surface area contributed by atoms with E-state index < -0.39 is 0 Å². The molecule has 0 radical (unpaired) electrons. The number of hydrogen-bond acceptors (Lipinski definition) is 3. The van der Waals surface area contributed by atoms with Crippen LogP contribution < -0.4 is 10.5 Å². The molecule has 0 aliphatic carbocycles. The second-order valence-corrected chi connectivity index (χ2v) is 5.32. The fourth-order valence-corrected chi connectivity index (χ4v) is 2.66. The molecular formula is C17H20N2O. The number of likely N-dealkylation sites (tertiary alicyclic amines) is 1. The molecule has 2 aromatic rings. The molecule has 3 nitrogen and oxygen atoms in total. The Morgan fingerprint density at radius 3 is 2.75 bits per heavy atom. The normalized spacial score (nSPS) is 19.1. The standard InChI is InChI=1S/C17H20N2O/c18-15-7-4-8-16(11-15)20-17-9-10-19(13-17)12-14-5-2-1-3-6-14/h1-8,11,17H,9-10,12-13,18H2. The van der Waals surface area contributed by atoms with Crippen LogP contribution in [-0.4, -0.2) is 24.1 Å². The molecule has 3 rings (SSSR count). The number of nitrogens with two attached hydrogens (primary N) is 1. The number of rotatable bonds is 4. The first kappa shape index (κ1) is 13.0.